The molecular formula is C12H21N3O2S. The van der Waals surface area contributed by atoms with Crippen molar-refractivity contribution in [2.24, 2.45) is 5.14 Å². The van der Waals surface area contributed by atoms with Crippen LogP contribution in [0.4, 0.5) is 5.69 Å². The van der Waals surface area contributed by atoms with Crippen molar-refractivity contribution in [1.82, 2.24) is 4.90 Å². The number of rotatable bonds is 6. The number of para-hydroxylation sites is 1. The van der Waals surface area contributed by atoms with Crippen molar-refractivity contribution < 1.29 is 8.42 Å². The van der Waals surface area contributed by atoms with E-state index in [0.717, 1.165) is 13.0 Å². The van der Waals surface area contributed by atoms with Gasteiger partial charge in [0.2, 0.25) is 10.0 Å². The molecule has 102 valence electrons. The molecule has 1 atom stereocenters. The first kappa shape index (κ1) is 14.9. The SMILES string of the molecule is CC(CCN(C)C)Nc1ccccc1S(N)(=O)=O. The normalized spacial score (nSPS) is 13.6. The molecule has 0 aliphatic heterocycles. The maximum absolute atomic E-state index is 11.4. The minimum atomic E-state index is -3.68. The van der Waals surface area contributed by atoms with Gasteiger partial charge in [0, 0.05) is 6.04 Å². The van der Waals surface area contributed by atoms with E-state index in [-0.39, 0.29) is 10.9 Å². The van der Waals surface area contributed by atoms with Crippen LogP contribution in [-0.4, -0.2) is 40.0 Å². The van der Waals surface area contributed by atoms with Crippen molar-refractivity contribution >= 4 is 15.7 Å². The summed E-state index contributed by atoms with van der Waals surface area (Å²) in [5, 5.41) is 8.37. The van der Waals surface area contributed by atoms with Gasteiger partial charge >= 0.3 is 0 Å². The average Bonchev–Trinajstić information content (AvgIpc) is 2.25. The Morgan fingerprint density at radius 2 is 1.94 bits per heavy atom. The summed E-state index contributed by atoms with van der Waals surface area (Å²) in [6.07, 6.45) is 0.923. The Hall–Kier alpha value is -1.11. The number of hydrogen-bond donors (Lipinski definition) is 2. The third kappa shape index (κ3) is 4.64. The predicted octanol–water partition coefficient (Wildman–Crippen LogP) is 1.09. The number of nitrogens with two attached hydrogens (primary N) is 1. The van der Waals surface area contributed by atoms with Gasteiger partial charge in [-0.05, 0) is 46.1 Å². The molecule has 0 aliphatic carbocycles. The van der Waals surface area contributed by atoms with E-state index in [0.29, 0.717) is 5.69 Å². The van der Waals surface area contributed by atoms with Crippen molar-refractivity contribution in [2.45, 2.75) is 24.3 Å². The van der Waals surface area contributed by atoms with Crippen LogP contribution in [0, 0.1) is 0 Å². The second-order valence-electron chi connectivity index (χ2n) is 4.68. The topological polar surface area (TPSA) is 75.4 Å². The summed E-state index contributed by atoms with van der Waals surface area (Å²) in [5.74, 6) is 0. The molecule has 3 N–H and O–H groups in total. The summed E-state index contributed by atoms with van der Waals surface area (Å²) in [6, 6.07) is 6.86. The Balaban J connectivity index is 2.79. The number of sulfonamides is 1. The Morgan fingerprint density at radius 3 is 2.50 bits per heavy atom. The second-order valence-corrected chi connectivity index (χ2v) is 6.21. The van der Waals surface area contributed by atoms with Crippen LogP contribution in [0.1, 0.15) is 13.3 Å². The molecule has 0 spiro atoms. The van der Waals surface area contributed by atoms with Crippen molar-refractivity contribution in [3.63, 3.8) is 0 Å². The van der Waals surface area contributed by atoms with Gasteiger partial charge in [0.25, 0.3) is 0 Å². The molecule has 1 aromatic rings. The molecule has 0 aliphatic rings. The van der Waals surface area contributed by atoms with E-state index in [2.05, 4.69) is 10.2 Å². The highest BCUT2D eigenvalue weighted by molar-refractivity contribution is 7.89. The summed E-state index contributed by atoms with van der Waals surface area (Å²) in [7, 11) is 0.327. The van der Waals surface area contributed by atoms with E-state index in [9.17, 15) is 8.42 Å². The van der Waals surface area contributed by atoms with Crippen LogP contribution < -0.4 is 10.5 Å². The van der Waals surface area contributed by atoms with Gasteiger partial charge in [0.15, 0.2) is 0 Å². The van der Waals surface area contributed by atoms with Crippen LogP contribution >= 0.6 is 0 Å². The van der Waals surface area contributed by atoms with Gasteiger partial charge < -0.3 is 10.2 Å². The van der Waals surface area contributed by atoms with Crippen LogP contribution in [0.5, 0.6) is 0 Å². The molecule has 5 nitrogen and oxygen atoms in total. The second kappa shape index (κ2) is 6.17. The van der Waals surface area contributed by atoms with E-state index < -0.39 is 10.0 Å². The van der Waals surface area contributed by atoms with Gasteiger partial charge in [-0.25, -0.2) is 13.6 Å². The molecule has 0 heterocycles. The lowest BCUT2D eigenvalue weighted by atomic mass is 10.2. The highest BCUT2D eigenvalue weighted by atomic mass is 32.2. The minimum Gasteiger partial charge on any atom is -0.381 e. The Morgan fingerprint density at radius 1 is 1.33 bits per heavy atom. The molecule has 1 rings (SSSR count). The zero-order valence-electron chi connectivity index (χ0n) is 11.1. The Bertz CT molecular complexity index is 486. The number of anilines is 1. The average molecular weight is 271 g/mol. The summed E-state index contributed by atoms with van der Waals surface area (Å²) in [6.45, 7) is 2.95. The van der Waals surface area contributed by atoms with Crippen molar-refractivity contribution in [3.8, 4) is 0 Å². The van der Waals surface area contributed by atoms with Gasteiger partial charge in [0.1, 0.15) is 4.90 Å². The summed E-state index contributed by atoms with van der Waals surface area (Å²) < 4.78 is 22.9. The van der Waals surface area contributed by atoms with Crippen LogP contribution in [0.3, 0.4) is 0 Å². The molecule has 0 aromatic heterocycles. The first-order valence-electron chi connectivity index (χ1n) is 5.84. The fraction of sp³-hybridized carbons (Fsp3) is 0.500. The Labute approximate surface area is 109 Å². The molecule has 0 bridgehead atoms. The lowest BCUT2D eigenvalue weighted by molar-refractivity contribution is 0.390. The maximum atomic E-state index is 11.4. The molecule has 0 saturated carbocycles. The standard InChI is InChI=1S/C12H21N3O2S/c1-10(8-9-15(2)3)14-11-6-4-5-7-12(11)18(13,16)17/h4-7,10,14H,8-9H2,1-3H3,(H2,13,16,17). The number of benzene rings is 1. The number of nitrogens with one attached hydrogen (secondary N) is 1. The lowest BCUT2D eigenvalue weighted by Crippen LogP contribution is -2.24. The number of hydrogen-bond acceptors (Lipinski definition) is 4. The predicted molar refractivity (Wildman–Crippen MR) is 74.1 cm³/mol. The van der Waals surface area contributed by atoms with Gasteiger partial charge in [0.05, 0.1) is 5.69 Å². The zero-order valence-corrected chi connectivity index (χ0v) is 11.9. The molecule has 0 radical (unpaired) electrons. The van der Waals surface area contributed by atoms with E-state index >= 15 is 0 Å². The van der Waals surface area contributed by atoms with Gasteiger partial charge in [-0.15, -0.1) is 0 Å². The molecule has 0 fully saturated rings. The summed E-state index contributed by atoms with van der Waals surface area (Å²) >= 11 is 0. The summed E-state index contributed by atoms with van der Waals surface area (Å²) in [5.41, 5.74) is 0.561. The first-order valence-corrected chi connectivity index (χ1v) is 7.38. The van der Waals surface area contributed by atoms with E-state index in [1.165, 1.54) is 6.07 Å². The van der Waals surface area contributed by atoms with Gasteiger partial charge in [-0.2, -0.15) is 0 Å². The highest BCUT2D eigenvalue weighted by Crippen LogP contribution is 2.20. The first-order chi connectivity index (χ1) is 8.30. The van der Waals surface area contributed by atoms with Gasteiger partial charge in [-0.1, -0.05) is 12.1 Å². The van der Waals surface area contributed by atoms with Crippen molar-refractivity contribution in [1.29, 1.82) is 0 Å². The highest BCUT2D eigenvalue weighted by Gasteiger charge is 2.14. The minimum absolute atomic E-state index is 0.140. The van der Waals surface area contributed by atoms with Crippen LogP contribution in [0.15, 0.2) is 29.2 Å². The molecule has 1 unspecified atom stereocenters. The smallest absolute Gasteiger partial charge is 0.240 e. The molecule has 1 aromatic carbocycles. The largest absolute Gasteiger partial charge is 0.381 e. The van der Waals surface area contributed by atoms with E-state index in [4.69, 9.17) is 5.14 Å². The molecular weight excluding hydrogens is 250 g/mol. The quantitative estimate of drug-likeness (QED) is 0.812. The summed E-state index contributed by atoms with van der Waals surface area (Å²) in [4.78, 5) is 2.23. The number of nitrogens with zero attached hydrogens (tertiary/aromatic N) is 1. The molecule has 0 amide bonds. The fourth-order valence-corrected chi connectivity index (χ4v) is 2.33. The third-order valence-electron chi connectivity index (χ3n) is 2.60. The van der Waals surface area contributed by atoms with Crippen molar-refractivity contribution in [2.75, 3.05) is 26.0 Å². The van der Waals surface area contributed by atoms with Crippen molar-refractivity contribution in [3.05, 3.63) is 24.3 Å². The molecule has 0 saturated heterocycles. The lowest BCUT2D eigenvalue weighted by Gasteiger charge is -2.19. The van der Waals surface area contributed by atoms with Crippen LogP contribution in [0.25, 0.3) is 0 Å². The van der Waals surface area contributed by atoms with Crippen LogP contribution in [0.2, 0.25) is 0 Å². The van der Waals surface area contributed by atoms with Crippen LogP contribution in [-0.2, 0) is 10.0 Å². The molecule has 18 heavy (non-hydrogen) atoms. The zero-order chi connectivity index (χ0) is 13.8. The number of primary sulfonamides is 1. The van der Waals surface area contributed by atoms with Gasteiger partial charge in [-0.3, -0.25) is 0 Å². The molecule has 6 heteroatoms. The monoisotopic (exact) mass is 271 g/mol. The Kier molecular flexibility index (Phi) is 5.13. The van der Waals surface area contributed by atoms with E-state index in [1.807, 2.05) is 21.0 Å². The fourth-order valence-electron chi connectivity index (χ4n) is 1.62. The third-order valence-corrected chi connectivity index (χ3v) is 3.57. The maximum Gasteiger partial charge on any atom is 0.240 e. The van der Waals surface area contributed by atoms with E-state index in [1.54, 1.807) is 18.2 Å².